The van der Waals surface area contributed by atoms with Gasteiger partial charge in [-0.1, -0.05) is 15.9 Å². The SMILES string of the molecule is Cc1cc(NC(=O)[C@@H](C)Oc2ccc(Br)cc2)n(-c2ncccn2)n1. The Morgan fingerprint density at radius 3 is 2.60 bits per heavy atom. The first-order valence-corrected chi connectivity index (χ1v) is 8.39. The summed E-state index contributed by atoms with van der Waals surface area (Å²) in [6.07, 6.45) is 2.55. The zero-order valence-corrected chi connectivity index (χ0v) is 15.3. The van der Waals surface area contributed by atoms with Crippen molar-refractivity contribution < 1.29 is 9.53 Å². The molecule has 3 aromatic rings. The van der Waals surface area contributed by atoms with Crippen molar-refractivity contribution in [3.8, 4) is 11.7 Å². The van der Waals surface area contributed by atoms with Gasteiger partial charge in [0.15, 0.2) is 6.10 Å². The van der Waals surface area contributed by atoms with Gasteiger partial charge in [0.2, 0.25) is 0 Å². The highest BCUT2D eigenvalue weighted by molar-refractivity contribution is 9.10. The Labute approximate surface area is 153 Å². The number of aryl methyl sites for hydroxylation is 1. The van der Waals surface area contributed by atoms with Gasteiger partial charge in [0, 0.05) is 22.9 Å². The van der Waals surface area contributed by atoms with Crippen LogP contribution in [0.1, 0.15) is 12.6 Å². The van der Waals surface area contributed by atoms with Gasteiger partial charge in [0.1, 0.15) is 11.6 Å². The highest BCUT2D eigenvalue weighted by Crippen LogP contribution is 2.18. The van der Waals surface area contributed by atoms with Crippen molar-refractivity contribution in [1.29, 1.82) is 0 Å². The average Bonchev–Trinajstić information content (AvgIpc) is 2.98. The summed E-state index contributed by atoms with van der Waals surface area (Å²) >= 11 is 3.36. The molecule has 0 bridgehead atoms. The molecule has 0 saturated heterocycles. The molecule has 8 heteroatoms. The van der Waals surface area contributed by atoms with Crippen LogP contribution in [0.25, 0.3) is 5.95 Å². The summed E-state index contributed by atoms with van der Waals surface area (Å²) < 4.78 is 8.09. The topological polar surface area (TPSA) is 81.9 Å². The van der Waals surface area contributed by atoms with E-state index in [0.29, 0.717) is 17.5 Å². The first-order chi connectivity index (χ1) is 12.0. The van der Waals surface area contributed by atoms with Crippen LogP contribution in [0.5, 0.6) is 5.75 Å². The summed E-state index contributed by atoms with van der Waals surface area (Å²) in [5.74, 6) is 1.19. The van der Waals surface area contributed by atoms with Gasteiger partial charge in [-0.2, -0.15) is 9.78 Å². The third-order valence-corrected chi connectivity index (χ3v) is 3.85. The number of amides is 1. The quantitative estimate of drug-likeness (QED) is 0.709. The number of nitrogens with zero attached hydrogens (tertiary/aromatic N) is 4. The summed E-state index contributed by atoms with van der Waals surface area (Å²) in [6.45, 7) is 3.51. The fourth-order valence-electron chi connectivity index (χ4n) is 2.14. The second-order valence-electron chi connectivity index (χ2n) is 5.33. The molecule has 1 aromatic carbocycles. The zero-order valence-electron chi connectivity index (χ0n) is 13.7. The van der Waals surface area contributed by atoms with Crippen molar-refractivity contribution >= 4 is 27.7 Å². The van der Waals surface area contributed by atoms with Crippen LogP contribution in [-0.2, 0) is 4.79 Å². The summed E-state index contributed by atoms with van der Waals surface area (Å²) in [5, 5.41) is 7.13. The maximum absolute atomic E-state index is 12.4. The van der Waals surface area contributed by atoms with Crippen LogP contribution in [-0.4, -0.2) is 31.8 Å². The number of carbonyl (C=O) groups excluding carboxylic acids is 1. The van der Waals surface area contributed by atoms with Crippen LogP contribution in [0.15, 0.2) is 53.3 Å². The highest BCUT2D eigenvalue weighted by Gasteiger charge is 2.18. The van der Waals surface area contributed by atoms with Crippen LogP contribution in [0.4, 0.5) is 5.82 Å². The van der Waals surface area contributed by atoms with E-state index in [-0.39, 0.29) is 5.91 Å². The largest absolute Gasteiger partial charge is 0.481 e. The molecule has 25 heavy (non-hydrogen) atoms. The Kier molecular flexibility index (Phi) is 5.08. The van der Waals surface area contributed by atoms with Crippen molar-refractivity contribution in [3.05, 3.63) is 59.0 Å². The number of aromatic nitrogens is 4. The molecule has 1 atom stereocenters. The molecule has 3 rings (SSSR count). The standard InChI is InChI=1S/C17H16BrN5O2/c1-11-10-15(23(22-11)17-19-8-3-9-20-17)21-16(24)12(2)25-14-6-4-13(18)5-7-14/h3-10,12H,1-2H3,(H,21,24)/t12-/m1/s1. The van der Waals surface area contributed by atoms with Crippen LogP contribution in [0, 0.1) is 6.92 Å². The van der Waals surface area contributed by atoms with Crippen LogP contribution in [0.2, 0.25) is 0 Å². The Hall–Kier alpha value is -2.74. The lowest BCUT2D eigenvalue weighted by molar-refractivity contribution is -0.122. The molecular weight excluding hydrogens is 386 g/mol. The maximum atomic E-state index is 12.4. The lowest BCUT2D eigenvalue weighted by Gasteiger charge is -2.15. The molecule has 0 aliphatic carbocycles. The van der Waals surface area contributed by atoms with Gasteiger partial charge in [0.05, 0.1) is 5.69 Å². The average molecular weight is 402 g/mol. The van der Waals surface area contributed by atoms with Crippen molar-refractivity contribution in [2.45, 2.75) is 20.0 Å². The van der Waals surface area contributed by atoms with E-state index >= 15 is 0 Å². The van der Waals surface area contributed by atoms with E-state index in [1.54, 1.807) is 43.6 Å². The normalized spacial score (nSPS) is 11.8. The summed E-state index contributed by atoms with van der Waals surface area (Å²) in [5.41, 5.74) is 0.740. The van der Waals surface area contributed by atoms with Crippen LogP contribution in [0.3, 0.4) is 0 Å². The number of benzene rings is 1. The third-order valence-electron chi connectivity index (χ3n) is 3.32. The number of carbonyl (C=O) groups is 1. The number of nitrogens with one attached hydrogen (secondary N) is 1. The van der Waals surface area contributed by atoms with Gasteiger partial charge in [-0.3, -0.25) is 4.79 Å². The lowest BCUT2D eigenvalue weighted by Crippen LogP contribution is -2.31. The summed E-state index contributed by atoms with van der Waals surface area (Å²) in [7, 11) is 0. The number of halogens is 1. The molecule has 2 heterocycles. The molecule has 0 fully saturated rings. The number of hydrogen-bond donors (Lipinski definition) is 1. The molecule has 0 radical (unpaired) electrons. The minimum absolute atomic E-state index is 0.292. The van der Waals surface area contributed by atoms with Crippen LogP contribution >= 0.6 is 15.9 Å². The molecule has 0 aliphatic heterocycles. The Bertz CT molecular complexity index is 865. The zero-order chi connectivity index (χ0) is 17.8. The number of ether oxygens (including phenoxy) is 1. The van der Waals surface area contributed by atoms with Gasteiger partial charge in [-0.25, -0.2) is 9.97 Å². The van der Waals surface area contributed by atoms with Crippen molar-refractivity contribution in [2.24, 2.45) is 0 Å². The fraction of sp³-hybridized carbons (Fsp3) is 0.176. The Balaban J connectivity index is 1.73. The van der Waals surface area contributed by atoms with E-state index < -0.39 is 6.10 Å². The molecule has 0 unspecified atom stereocenters. The predicted molar refractivity (Wildman–Crippen MR) is 96.8 cm³/mol. The van der Waals surface area contributed by atoms with Gasteiger partial charge in [-0.05, 0) is 44.2 Å². The summed E-state index contributed by atoms with van der Waals surface area (Å²) in [6, 6.07) is 10.8. The molecule has 7 nitrogen and oxygen atoms in total. The van der Waals surface area contributed by atoms with Crippen LogP contribution < -0.4 is 10.1 Å². The molecule has 0 saturated carbocycles. The van der Waals surface area contributed by atoms with Gasteiger partial charge in [0.25, 0.3) is 11.9 Å². The second kappa shape index (κ2) is 7.43. The third kappa shape index (κ3) is 4.21. The molecule has 2 aromatic heterocycles. The molecule has 1 amide bonds. The Morgan fingerprint density at radius 2 is 1.92 bits per heavy atom. The van der Waals surface area contributed by atoms with E-state index in [1.807, 2.05) is 19.1 Å². The monoisotopic (exact) mass is 401 g/mol. The maximum Gasteiger partial charge on any atom is 0.266 e. The van der Waals surface area contributed by atoms with E-state index in [1.165, 1.54) is 4.68 Å². The second-order valence-corrected chi connectivity index (χ2v) is 6.25. The summed E-state index contributed by atoms with van der Waals surface area (Å²) in [4.78, 5) is 20.8. The lowest BCUT2D eigenvalue weighted by atomic mass is 10.3. The molecule has 0 spiro atoms. The molecular formula is C17H16BrN5O2. The van der Waals surface area contributed by atoms with Crippen molar-refractivity contribution in [1.82, 2.24) is 19.7 Å². The smallest absolute Gasteiger partial charge is 0.266 e. The number of hydrogen-bond acceptors (Lipinski definition) is 5. The first-order valence-electron chi connectivity index (χ1n) is 7.60. The van der Waals surface area contributed by atoms with Crippen molar-refractivity contribution in [3.63, 3.8) is 0 Å². The van der Waals surface area contributed by atoms with E-state index in [4.69, 9.17) is 4.74 Å². The first kappa shape index (κ1) is 17.1. The fourth-order valence-corrected chi connectivity index (χ4v) is 2.40. The van der Waals surface area contributed by atoms with Gasteiger partial charge >= 0.3 is 0 Å². The number of anilines is 1. The minimum atomic E-state index is -0.679. The molecule has 128 valence electrons. The number of rotatable bonds is 5. The van der Waals surface area contributed by atoms with Crippen molar-refractivity contribution in [2.75, 3.05) is 5.32 Å². The van der Waals surface area contributed by atoms with E-state index in [0.717, 1.165) is 10.2 Å². The highest BCUT2D eigenvalue weighted by atomic mass is 79.9. The van der Waals surface area contributed by atoms with E-state index in [9.17, 15) is 4.79 Å². The predicted octanol–water partition coefficient (Wildman–Crippen LogP) is 3.14. The minimum Gasteiger partial charge on any atom is -0.481 e. The Morgan fingerprint density at radius 1 is 1.24 bits per heavy atom. The van der Waals surface area contributed by atoms with E-state index in [2.05, 4.69) is 36.3 Å². The van der Waals surface area contributed by atoms with Gasteiger partial charge < -0.3 is 10.1 Å². The molecule has 1 N–H and O–H groups in total. The van der Waals surface area contributed by atoms with Gasteiger partial charge in [-0.15, -0.1) is 0 Å². The molecule has 0 aliphatic rings.